The normalized spacial score (nSPS) is 11.2. The smallest absolute Gasteiger partial charge is 0.264 e. The highest BCUT2D eigenvalue weighted by molar-refractivity contribution is 7.92. The van der Waals surface area contributed by atoms with Gasteiger partial charge in [-0.15, -0.1) is 11.3 Å². The molecular weight excluding hydrogens is 462 g/mol. The van der Waals surface area contributed by atoms with Gasteiger partial charge in [-0.1, -0.05) is 18.2 Å². The number of hydrogen-bond acceptors (Lipinski definition) is 7. The van der Waals surface area contributed by atoms with Gasteiger partial charge in [0.2, 0.25) is 5.89 Å². The Morgan fingerprint density at radius 1 is 1.12 bits per heavy atom. The fourth-order valence-corrected chi connectivity index (χ4v) is 4.99. The SMILES string of the molecule is COc1ccccc1N(C)S(=O)(=O)c1ccc(C(=O)NCc2coc(-c3cccs3)n2)cc1. The molecule has 0 aliphatic heterocycles. The molecule has 8 nitrogen and oxygen atoms in total. The molecule has 0 fully saturated rings. The monoisotopic (exact) mass is 483 g/mol. The van der Waals surface area contributed by atoms with Crippen molar-refractivity contribution in [3.63, 3.8) is 0 Å². The Morgan fingerprint density at radius 3 is 2.58 bits per heavy atom. The van der Waals surface area contributed by atoms with Crippen LogP contribution in [0.4, 0.5) is 5.69 Å². The number of sulfonamides is 1. The molecule has 4 aromatic rings. The lowest BCUT2D eigenvalue weighted by Gasteiger charge is -2.21. The molecule has 2 heterocycles. The third-order valence-corrected chi connectivity index (χ3v) is 7.56. The number of para-hydroxylation sites is 2. The summed E-state index contributed by atoms with van der Waals surface area (Å²) in [6.45, 7) is 0.185. The third-order valence-electron chi connectivity index (χ3n) is 4.91. The first-order valence-electron chi connectivity index (χ1n) is 9.88. The summed E-state index contributed by atoms with van der Waals surface area (Å²) in [5.41, 5.74) is 1.33. The maximum atomic E-state index is 13.0. The number of anilines is 1. The van der Waals surface area contributed by atoms with Gasteiger partial charge in [0.25, 0.3) is 15.9 Å². The molecule has 0 aliphatic rings. The van der Waals surface area contributed by atoms with Crippen LogP contribution in [-0.4, -0.2) is 33.5 Å². The molecule has 2 aromatic carbocycles. The molecule has 0 unspecified atom stereocenters. The van der Waals surface area contributed by atoms with Crippen molar-refractivity contribution in [1.82, 2.24) is 10.3 Å². The molecule has 0 aliphatic carbocycles. The number of amides is 1. The average molecular weight is 484 g/mol. The van der Waals surface area contributed by atoms with E-state index in [4.69, 9.17) is 9.15 Å². The van der Waals surface area contributed by atoms with Crippen molar-refractivity contribution in [2.45, 2.75) is 11.4 Å². The molecule has 0 spiro atoms. The standard InChI is InChI=1S/C23H21N3O5S2/c1-26(19-6-3-4-7-20(19)30-2)33(28,29)18-11-9-16(10-12-18)22(27)24-14-17-15-31-23(25-17)21-8-5-13-32-21/h3-13,15H,14H2,1-2H3,(H,24,27). The first kappa shape index (κ1) is 22.6. The maximum Gasteiger partial charge on any atom is 0.264 e. The molecule has 10 heteroatoms. The maximum absolute atomic E-state index is 13.0. The van der Waals surface area contributed by atoms with Gasteiger partial charge >= 0.3 is 0 Å². The number of carbonyl (C=O) groups is 1. The molecule has 0 saturated heterocycles. The lowest BCUT2D eigenvalue weighted by Crippen LogP contribution is -2.27. The van der Waals surface area contributed by atoms with Crippen LogP contribution in [0, 0.1) is 0 Å². The lowest BCUT2D eigenvalue weighted by atomic mass is 10.2. The van der Waals surface area contributed by atoms with Crippen LogP contribution in [0.25, 0.3) is 10.8 Å². The van der Waals surface area contributed by atoms with E-state index in [1.54, 1.807) is 24.3 Å². The Hall–Kier alpha value is -3.63. The number of nitrogens with zero attached hydrogens (tertiary/aromatic N) is 2. The highest BCUT2D eigenvalue weighted by atomic mass is 32.2. The van der Waals surface area contributed by atoms with Gasteiger partial charge < -0.3 is 14.5 Å². The molecule has 1 N–H and O–H groups in total. The molecule has 1 amide bonds. The number of thiophene rings is 1. The van der Waals surface area contributed by atoms with Gasteiger partial charge in [0.05, 0.1) is 34.8 Å². The second kappa shape index (κ2) is 9.47. The van der Waals surface area contributed by atoms with Crippen LogP contribution in [-0.2, 0) is 16.6 Å². The van der Waals surface area contributed by atoms with Gasteiger partial charge in [-0.25, -0.2) is 13.4 Å². The largest absolute Gasteiger partial charge is 0.495 e. The number of ether oxygens (including phenoxy) is 1. The number of hydrogen-bond donors (Lipinski definition) is 1. The summed E-state index contributed by atoms with van der Waals surface area (Å²) in [6.07, 6.45) is 1.50. The predicted molar refractivity (Wildman–Crippen MR) is 126 cm³/mol. The number of oxazole rings is 1. The predicted octanol–water partition coefficient (Wildman–Crippen LogP) is 4.17. The number of benzene rings is 2. The van der Waals surface area contributed by atoms with Crippen LogP contribution >= 0.6 is 11.3 Å². The molecule has 0 saturated carbocycles. The summed E-state index contributed by atoms with van der Waals surface area (Å²) in [5.74, 6) is 0.593. The minimum atomic E-state index is -3.84. The summed E-state index contributed by atoms with van der Waals surface area (Å²) < 4.78 is 37.9. The van der Waals surface area contributed by atoms with Crippen LogP contribution in [0.1, 0.15) is 16.1 Å². The van der Waals surface area contributed by atoms with Crippen LogP contribution in [0.15, 0.2) is 81.6 Å². The zero-order valence-electron chi connectivity index (χ0n) is 17.9. The van der Waals surface area contributed by atoms with E-state index in [2.05, 4.69) is 10.3 Å². The highest BCUT2D eigenvalue weighted by Crippen LogP contribution is 2.31. The number of carbonyl (C=O) groups excluding carboxylic acids is 1. The van der Waals surface area contributed by atoms with Crippen molar-refractivity contribution in [2.75, 3.05) is 18.5 Å². The van der Waals surface area contributed by atoms with Crippen molar-refractivity contribution < 1.29 is 22.4 Å². The fraction of sp³-hybridized carbons (Fsp3) is 0.130. The Balaban J connectivity index is 1.43. The second-order valence-corrected chi connectivity index (χ2v) is 9.89. The fourth-order valence-electron chi connectivity index (χ4n) is 3.13. The average Bonchev–Trinajstić information content (AvgIpc) is 3.54. The van der Waals surface area contributed by atoms with E-state index in [9.17, 15) is 13.2 Å². The van der Waals surface area contributed by atoms with Gasteiger partial charge in [0.1, 0.15) is 12.0 Å². The number of methoxy groups -OCH3 is 1. The van der Waals surface area contributed by atoms with Crippen LogP contribution in [0.2, 0.25) is 0 Å². The number of nitrogens with one attached hydrogen (secondary N) is 1. The van der Waals surface area contributed by atoms with Crippen molar-refractivity contribution >= 4 is 33.0 Å². The summed E-state index contributed by atoms with van der Waals surface area (Å²) in [7, 11) is -0.906. The van der Waals surface area contributed by atoms with Crippen molar-refractivity contribution in [2.24, 2.45) is 0 Å². The van der Waals surface area contributed by atoms with E-state index in [0.717, 1.165) is 9.18 Å². The molecule has 4 rings (SSSR count). The number of rotatable bonds is 8. The third kappa shape index (κ3) is 4.76. The zero-order chi connectivity index (χ0) is 23.4. The van der Waals surface area contributed by atoms with Gasteiger partial charge in [-0.3, -0.25) is 9.10 Å². The first-order valence-corrected chi connectivity index (χ1v) is 12.2. The van der Waals surface area contributed by atoms with E-state index in [-0.39, 0.29) is 17.3 Å². The van der Waals surface area contributed by atoms with Crippen molar-refractivity contribution in [3.8, 4) is 16.5 Å². The van der Waals surface area contributed by atoms with Crippen molar-refractivity contribution in [3.05, 3.63) is 83.6 Å². The molecule has 2 aromatic heterocycles. The Labute approximate surface area is 195 Å². The zero-order valence-corrected chi connectivity index (χ0v) is 19.5. The molecule has 33 heavy (non-hydrogen) atoms. The van der Waals surface area contributed by atoms with E-state index in [1.165, 1.54) is 56.0 Å². The van der Waals surface area contributed by atoms with Crippen LogP contribution in [0.5, 0.6) is 5.75 Å². The lowest BCUT2D eigenvalue weighted by molar-refractivity contribution is 0.0950. The quantitative estimate of drug-likeness (QED) is 0.404. The Kier molecular flexibility index (Phi) is 6.47. The molecule has 0 atom stereocenters. The van der Waals surface area contributed by atoms with E-state index >= 15 is 0 Å². The van der Waals surface area contributed by atoms with E-state index in [0.29, 0.717) is 28.6 Å². The van der Waals surface area contributed by atoms with Gasteiger partial charge in [-0.05, 0) is 47.8 Å². The van der Waals surface area contributed by atoms with Gasteiger partial charge in [-0.2, -0.15) is 0 Å². The number of aromatic nitrogens is 1. The van der Waals surface area contributed by atoms with Crippen LogP contribution < -0.4 is 14.4 Å². The first-order chi connectivity index (χ1) is 15.9. The van der Waals surface area contributed by atoms with Crippen LogP contribution in [0.3, 0.4) is 0 Å². The Bertz CT molecular complexity index is 1350. The highest BCUT2D eigenvalue weighted by Gasteiger charge is 2.24. The van der Waals surface area contributed by atoms with E-state index in [1.807, 2.05) is 17.5 Å². The minimum Gasteiger partial charge on any atom is -0.495 e. The summed E-state index contributed by atoms with van der Waals surface area (Å²) in [6, 6.07) is 16.4. The Morgan fingerprint density at radius 2 is 1.88 bits per heavy atom. The van der Waals surface area contributed by atoms with Crippen molar-refractivity contribution in [1.29, 1.82) is 0 Å². The summed E-state index contributed by atoms with van der Waals surface area (Å²) >= 11 is 1.51. The minimum absolute atomic E-state index is 0.0598. The topological polar surface area (TPSA) is 102 Å². The molecule has 170 valence electrons. The summed E-state index contributed by atoms with van der Waals surface area (Å²) in [4.78, 5) is 17.8. The molecule has 0 bridgehead atoms. The van der Waals surface area contributed by atoms with Gasteiger partial charge in [0, 0.05) is 12.6 Å². The van der Waals surface area contributed by atoms with E-state index < -0.39 is 10.0 Å². The summed E-state index contributed by atoms with van der Waals surface area (Å²) in [5, 5.41) is 4.69. The molecular formula is C23H21N3O5S2. The second-order valence-electron chi connectivity index (χ2n) is 6.97. The molecule has 0 radical (unpaired) electrons. The van der Waals surface area contributed by atoms with Gasteiger partial charge in [0.15, 0.2) is 0 Å².